The van der Waals surface area contributed by atoms with Gasteiger partial charge in [0.25, 0.3) is 0 Å². The molecule has 1 saturated heterocycles. The van der Waals surface area contributed by atoms with Crippen molar-refractivity contribution in [2.75, 3.05) is 24.2 Å². The van der Waals surface area contributed by atoms with E-state index in [2.05, 4.69) is 17.1 Å². The van der Waals surface area contributed by atoms with Gasteiger partial charge in [0.05, 0.1) is 17.0 Å². The number of nitrogens with zero attached hydrogens (tertiary/aromatic N) is 1. The van der Waals surface area contributed by atoms with Gasteiger partial charge in [0.1, 0.15) is 4.32 Å². The first-order valence-corrected chi connectivity index (χ1v) is 9.04. The van der Waals surface area contributed by atoms with Gasteiger partial charge < -0.3 is 10.2 Å². The number of nitrogens with one attached hydrogen (secondary N) is 1. The predicted molar refractivity (Wildman–Crippen MR) is 95.1 cm³/mol. The Hall–Kier alpha value is -1.28. The topological polar surface area (TPSA) is 32.3 Å². The molecule has 0 spiro atoms. The van der Waals surface area contributed by atoms with E-state index in [9.17, 15) is 18.0 Å². The molecule has 0 aromatic heterocycles. The molecule has 0 unspecified atom stereocenters. The number of carbonyl (C=O) groups excluding carboxylic acids is 1. The molecular weight excluding hydrogens is 357 g/mol. The van der Waals surface area contributed by atoms with E-state index in [1.807, 2.05) is 0 Å². The van der Waals surface area contributed by atoms with Crippen molar-refractivity contribution in [2.45, 2.75) is 25.9 Å². The Balaban J connectivity index is 1.87. The number of thiocarbonyl (C=S) groups is 1. The Bertz CT molecular complexity index is 599. The molecule has 1 heterocycles. The number of thioether (sulfide) groups is 1. The molecule has 1 amide bonds. The highest BCUT2D eigenvalue weighted by molar-refractivity contribution is 8.23. The Morgan fingerprint density at radius 3 is 2.58 bits per heavy atom. The van der Waals surface area contributed by atoms with E-state index in [-0.39, 0.29) is 11.4 Å². The second-order valence-corrected chi connectivity index (χ2v) is 7.42. The van der Waals surface area contributed by atoms with Crippen LogP contribution in [-0.2, 0) is 11.0 Å². The van der Waals surface area contributed by atoms with Crippen LogP contribution in [0.1, 0.15) is 25.3 Å². The molecule has 0 radical (unpaired) electrons. The summed E-state index contributed by atoms with van der Waals surface area (Å²) < 4.78 is 39.3. The van der Waals surface area contributed by atoms with Crippen LogP contribution in [0.25, 0.3) is 0 Å². The van der Waals surface area contributed by atoms with Crippen LogP contribution in [0, 0.1) is 5.92 Å². The van der Waals surface area contributed by atoms with Gasteiger partial charge in [-0.15, -0.1) is 0 Å². The Morgan fingerprint density at radius 1 is 1.33 bits per heavy atom. The molecule has 132 valence electrons. The van der Waals surface area contributed by atoms with Gasteiger partial charge in [0, 0.05) is 13.1 Å². The highest BCUT2D eigenvalue weighted by Gasteiger charge is 2.33. The van der Waals surface area contributed by atoms with E-state index in [1.165, 1.54) is 30.0 Å². The number of alkyl halides is 3. The van der Waals surface area contributed by atoms with E-state index in [4.69, 9.17) is 12.2 Å². The zero-order valence-electron chi connectivity index (χ0n) is 13.2. The summed E-state index contributed by atoms with van der Waals surface area (Å²) in [7, 11) is 0. The average Bonchev–Trinajstić information content (AvgIpc) is 2.53. The summed E-state index contributed by atoms with van der Waals surface area (Å²) in [4.78, 5) is 14.0. The summed E-state index contributed by atoms with van der Waals surface area (Å²) in [6, 6.07) is 4.94. The fourth-order valence-corrected chi connectivity index (χ4v) is 3.49. The third-order valence-electron chi connectivity index (χ3n) is 3.88. The van der Waals surface area contributed by atoms with Gasteiger partial charge in [0.15, 0.2) is 0 Å². The number of piperidine rings is 1. The lowest BCUT2D eigenvalue weighted by molar-refractivity contribution is -0.137. The molecule has 24 heavy (non-hydrogen) atoms. The summed E-state index contributed by atoms with van der Waals surface area (Å²) in [6.07, 6.45) is -2.38. The molecule has 1 fully saturated rings. The minimum Gasteiger partial charge on any atom is -0.357 e. The van der Waals surface area contributed by atoms with Gasteiger partial charge in [-0.1, -0.05) is 43.0 Å². The lowest BCUT2D eigenvalue weighted by atomic mass is 10.00. The smallest absolute Gasteiger partial charge is 0.357 e. The lowest BCUT2D eigenvalue weighted by Crippen LogP contribution is -2.36. The summed E-state index contributed by atoms with van der Waals surface area (Å²) in [5.41, 5.74) is -1.08. The molecular formula is C16H19F3N2OS2. The van der Waals surface area contributed by atoms with Crippen LogP contribution in [-0.4, -0.2) is 34.0 Å². The maximum atomic E-state index is 12.9. The van der Waals surface area contributed by atoms with Crippen LogP contribution < -0.4 is 5.32 Å². The molecule has 0 aliphatic carbocycles. The Kier molecular flexibility index (Phi) is 6.51. The molecule has 1 aromatic carbocycles. The number of carbonyl (C=O) groups is 1. The number of hydrogen-bond donors (Lipinski definition) is 1. The number of amides is 1. The first-order chi connectivity index (χ1) is 11.3. The first kappa shape index (κ1) is 19.1. The highest BCUT2D eigenvalue weighted by atomic mass is 32.2. The van der Waals surface area contributed by atoms with Crippen molar-refractivity contribution in [3.8, 4) is 0 Å². The van der Waals surface area contributed by atoms with Crippen molar-refractivity contribution in [1.82, 2.24) is 4.90 Å². The summed E-state index contributed by atoms with van der Waals surface area (Å²) in [6.45, 7) is 3.93. The number of anilines is 1. The molecule has 2 rings (SSSR count). The molecule has 0 atom stereocenters. The first-order valence-electron chi connectivity index (χ1n) is 7.65. The predicted octanol–water partition coefficient (Wildman–Crippen LogP) is 4.39. The van der Waals surface area contributed by atoms with Gasteiger partial charge >= 0.3 is 6.18 Å². The summed E-state index contributed by atoms with van der Waals surface area (Å²) >= 11 is 6.50. The number of halogens is 3. The molecule has 0 bridgehead atoms. The standard InChI is InChI=1S/C16H19F3N2OS2/c1-11-6-8-21(9-7-11)15(23)24-10-14(22)20-13-5-3-2-4-12(13)16(17,18)19/h2-5,11H,6-10H2,1H3,(H,20,22). The van der Waals surface area contributed by atoms with Gasteiger partial charge in [-0.2, -0.15) is 13.2 Å². The Labute approximate surface area is 149 Å². The largest absolute Gasteiger partial charge is 0.418 e. The highest BCUT2D eigenvalue weighted by Crippen LogP contribution is 2.34. The van der Waals surface area contributed by atoms with Crippen LogP contribution in [0.4, 0.5) is 18.9 Å². The minimum atomic E-state index is -4.50. The van der Waals surface area contributed by atoms with Crippen molar-refractivity contribution in [2.24, 2.45) is 5.92 Å². The fourth-order valence-electron chi connectivity index (χ4n) is 2.44. The SMILES string of the molecule is CC1CCN(C(=S)SCC(=O)Nc2ccccc2C(F)(F)F)CC1. The van der Waals surface area contributed by atoms with E-state index in [1.54, 1.807) is 0 Å². The van der Waals surface area contributed by atoms with E-state index >= 15 is 0 Å². The van der Waals surface area contributed by atoms with Gasteiger partial charge in [-0.3, -0.25) is 4.79 Å². The molecule has 0 saturated carbocycles. The summed E-state index contributed by atoms with van der Waals surface area (Å²) in [5.74, 6) is 0.178. The van der Waals surface area contributed by atoms with Gasteiger partial charge in [0.2, 0.25) is 5.91 Å². The zero-order chi connectivity index (χ0) is 17.7. The van der Waals surface area contributed by atoms with E-state index < -0.39 is 17.6 Å². The molecule has 1 aliphatic heterocycles. The molecule has 1 aromatic rings. The third-order valence-corrected chi connectivity index (χ3v) is 5.40. The number of hydrogen-bond acceptors (Lipinski definition) is 3. The minimum absolute atomic E-state index is 0.00290. The monoisotopic (exact) mass is 376 g/mol. The number of rotatable bonds is 3. The normalized spacial score (nSPS) is 16.1. The maximum Gasteiger partial charge on any atom is 0.418 e. The molecule has 3 nitrogen and oxygen atoms in total. The second kappa shape index (κ2) is 8.20. The maximum absolute atomic E-state index is 12.9. The van der Waals surface area contributed by atoms with E-state index in [0.717, 1.165) is 32.0 Å². The van der Waals surface area contributed by atoms with Crippen LogP contribution in [0.2, 0.25) is 0 Å². The summed E-state index contributed by atoms with van der Waals surface area (Å²) in [5, 5.41) is 2.32. The average molecular weight is 376 g/mol. The number of benzene rings is 1. The van der Waals surface area contributed by atoms with Crippen molar-refractivity contribution in [3.63, 3.8) is 0 Å². The van der Waals surface area contributed by atoms with E-state index in [0.29, 0.717) is 10.2 Å². The van der Waals surface area contributed by atoms with Crippen molar-refractivity contribution < 1.29 is 18.0 Å². The molecule has 1 N–H and O–H groups in total. The van der Waals surface area contributed by atoms with Crippen LogP contribution >= 0.6 is 24.0 Å². The second-order valence-electron chi connectivity index (χ2n) is 5.82. The van der Waals surface area contributed by atoms with Crippen LogP contribution in [0.5, 0.6) is 0 Å². The molecule has 8 heteroatoms. The van der Waals surface area contributed by atoms with Gasteiger partial charge in [-0.25, -0.2) is 0 Å². The Morgan fingerprint density at radius 2 is 1.96 bits per heavy atom. The lowest BCUT2D eigenvalue weighted by Gasteiger charge is -2.31. The van der Waals surface area contributed by atoms with Gasteiger partial charge in [-0.05, 0) is 30.9 Å². The van der Waals surface area contributed by atoms with Crippen molar-refractivity contribution in [1.29, 1.82) is 0 Å². The number of likely N-dealkylation sites (tertiary alicyclic amines) is 1. The zero-order valence-corrected chi connectivity index (χ0v) is 14.9. The van der Waals surface area contributed by atoms with Crippen LogP contribution in [0.3, 0.4) is 0 Å². The quantitative estimate of drug-likeness (QED) is 0.793. The van der Waals surface area contributed by atoms with Crippen LogP contribution in [0.15, 0.2) is 24.3 Å². The molecule has 1 aliphatic rings. The third kappa shape index (κ3) is 5.37. The van der Waals surface area contributed by atoms with Crippen molar-refractivity contribution >= 4 is 39.9 Å². The fraction of sp³-hybridized carbons (Fsp3) is 0.500. The van der Waals surface area contributed by atoms with Crippen molar-refractivity contribution in [3.05, 3.63) is 29.8 Å². The number of para-hydroxylation sites is 1.